The van der Waals surface area contributed by atoms with E-state index in [-0.39, 0.29) is 0 Å². The summed E-state index contributed by atoms with van der Waals surface area (Å²) < 4.78 is 11.9. The van der Waals surface area contributed by atoms with Gasteiger partial charge in [-0.15, -0.1) is 0 Å². The summed E-state index contributed by atoms with van der Waals surface area (Å²) in [6.07, 6.45) is 1.37. The maximum absolute atomic E-state index is 5.92. The van der Waals surface area contributed by atoms with Crippen molar-refractivity contribution >= 4 is 21.6 Å². The first-order valence-electron chi connectivity index (χ1n) is 5.79. The third-order valence-corrected chi connectivity index (χ3v) is 2.94. The van der Waals surface area contributed by atoms with E-state index in [1.54, 1.807) is 0 Å². The van der Waals surface area contributed by atoms with Crippen LogP contribution in [0.5, 0.6) is 17.5 Å². The molecule has 1 heterocycles. The summed E-state index contributed by atoms with van der Waals surface area (Å²) in [7, 11) is 0. The normalized spacial score (nSPS) is 10.3. The van der Waals surface area contributed by atoms with Crippen LogP contribution in [-0.4, -0.2) is 16.6 Å². The van der Waals surface area contributed by atoms with E-state index in [0.29, 0.717) is 29.8 Å². The van der Waals surface area contributed by atoms with Crippen LogP contribution in [0.4, 0.5) is 5.69 Å². The lowest BCUT2D eigenvalue weighted by molar-refractivity contribution is 0.325. The van der Waals surface area contributed by atoms with Crippen molar-refractivity contribution in [1.82, 2.24) is 9.97 Å². The van der Waals surface area contributed by atoms with E-state index in [2.05, 4.69) is 25.9 Å². The Morgan fingerprint density at radius 2 is 2.00 bits per heavy atom. The molecule has 0 bridgehead atoms. The fourth-order valence-electron chi connectivity index (χ4n) is 1.49. The summed E-state index contributed by atoms with van der Waals surface area (Å²) in [5.41, 5.74) is 7.20. The zero-order valence-corrected chi connectivity index (χ0v) is 12.3. The second-order valence-corrected chi connectivity index (χ2v) is 4.76. The minimum atomic E-state index is 0.291. The molecule has 2 rings (SSSR count). The molecular weight excluding hydrogens is 310 g/mol. The first-order chi connectivity index (χ1) is 9.11. The summed E-state index contributed by atoms with van der Waals surface area (Å²) in [5, 5.41) is 0. The summed E-state index contributed by atoms with van der Waals surface area (Å²) in [4.78, 5) is 8.00. The number of hydrogen-bond donors (Lipinski definition) is 1. The molecule has 19 heavy (non-hydrogen) atoms. The van der Waals surface area contributed by atoms with Crippen LogP contribution in [0.15, 0.2) is 29.0 Å². The Morgan fingerprint density at radius 1 is 1.26 bits per heavy atom. The van der Waals surface area contributed by atoms with Crippen molar-refractivity contribution < 1.29 is 9.47 Å². The predicted octanol–water partition coefficient (Wildman–Crippen LogP) is 3.32. The highest BCUT2D eigenvalue weighted by molar-refractivity contribution is 9.10. The summed E-state index contributed by atoms with van der Waals surface area (Å²) >= 11 is 3.40. The quantitative estimate of drug-likeness (QED) is 0.934. The number of aromatic nitrogens is 2. The molecule has 1 aromatic carbocycles. The number of anilines is 1. The number of aryl methyl sites for hydroxylation is 1. The van der Waals surface area contributed by atoms with Crippen molar-refractivity contribution in [2.45, 2.75) is 13.8 Å². The van der Waals surface area contributed by atoms with E-state index in [9.17, 15) is 0 Å². The molecule has 2 N–H and O–H groups in total. The highest BCUT2D eigenvalue weighted by Crippen LogP contribution is 2.33. The van der Waals surface area contributed by atoms with Gasteiger partial charge < -0.3 is 15.2 Å². The molecule has 0 unspecified atom stereocenters. The fraction of sp³-hybridized carbons (Fsp3) is 0.231. The second-order valence-electron chi connectivity index (χ2n) is 3.84. The van der Waals surface area contributed by atoms with Crippen LogP contribution in [0, 0.1) is 6.92 Å². The van der Waals surface area contributed by atoms with E-state index in [0.717, 1.165) is 10.0 Å². The highest BCUT2D eigenvalue weighted by atomic mass is 79.9. The largest absolute Gasteiger partial charge is 0.476 e. The first kappa shape index (κ1) is 13.6. The smallest absolute Gasteiger partial charge is 0.249 e. The minimum absolute atomic E-state index is 0.291. The van der Waals surface area contributed by atoms with Gasteiger partial charge in [0.25, 0.3) is 0 Å². The topological polar surface area (TPSA) is 70.3 Å². The maximum atomic E-state index is 5.92. The number of ether oxygens (including phenoxy) is 2. The third-order valence-electron chi connectivity index (χ3n) is 2.45. The predicted molar refractivity (Wildman–Crippen MR) is 76.6 cm³/mol. The minimum Gasteiger partial charge on any atom is -0.476 e. The molecule has 0 spiro atoms. The van der Waals surface area contributed by atoms with Crippen molar-refractivity contribution in [1.29, 1.82) is 0 Å². The Labute approximate surface area is 119 Å². The van der Waals surface area contributed by atoms with Gasteiger partial charge in [-0.25, -0.2) is 0 Å². The number of nitrogen functional groups attached to an aromatic ring is 1. The molecule has 0 aliphatic carbocycles. The Balaban J connectivity index is 2.33. The Bertz CT molecular complexity index is 590. The van der Waals surface area contributed by atoms with Crippen LogP contribution in [0.3, 0.4) is 0 Å². The van der Waals surface area contributed by atoms with Gasteiger partial charge in [-0.1, -0.05) is 22.0 Å². The van der Waals surface area contributed by atoms with Gasteiger partial charge in [-0.3, -0.25) is 0 Å². The number of halogens is 1. The van der Waals surface area contributed by atoms with Crippen LogP contribution in [0.1, 0.15) is 12.5 Å². The zero-order chi connectivity index (χ0) is 13.8. The fourth-order valence-corrected chi connectivity index (χ4v) is 1.83. The Morgan fingerprint density at radius 3 is 2.74 bits per heavy atom. The van der Waals surface area contributed by atoms with Gasteiger partial charge in [0.15, 0.2) is 5.69 Å². The second kappa shape index (κ2) is 5.88. The summed E-state index contributed by atoms with van der Waals surface area (Å²) in [6, 6.07) is 5.74. The number of rotatable bonds is 4. The molecular formula is C13H14BrN3O2. The van der Waals surface area contributed by atoms with Gasteiger partial charge in [-0.05, 0) is 31.5 Å². The van der Waals surface area contributed by atoms with Crippen LogP contribution in [0.2, 0.25) is 0 Å². The molecule has 100 valence electrons. The molecule has 0 saturated carbocycles. The van der Waals surface area contributed by atoms with Crippen molar-refractivity contribution in [3.8, 4) is 17.5 Å². The van der Waals surface area contributed by atoms with Crippen LogP contribution in [0.25, 0.3) is 0 Å². The standard InChI is InChI=1S/C13H14BrN3O2/c1-3-18-12-11(15)13(17-7-16-12)19-10-6-9(14)5-4-8(10)2/h4-7H,3,15H2,1-2H3. The first-order valence-corrected chi connectivity index (χ1v) is 6.58. The molecule has 1 aromatic heterocycles. The average molecular weight is 324 g/mol. The average Bonchev–Trinajstić information content (AvgIpc) is 2.39. The molecule has 5 nitrogen and oxygen atoms in total. The lowest BCUT2D eigenvalue weighted by Crippen LogP contribution is -2.03. The molecule has 0 saturated heterocycles. The van der Waals surface area contributed by atoms with Gasteiger partial charge >= 0.3 is 0 Å². The van der Waals surface area contributed by atoms with Crippen molar-refractivity contribution in [2.75, 3.05) is 12.3 Å². The monoisotopic (exact) mass is 323 g/mol. The van der Waals surface area contributed by atoms with Crippen molar-refractivity contribution in [2.24, 2.45) is 0 Å². The highest BCUT2D eigenvalue weighted by Gasteiger charge is 2.12. The molecule has 0 aliphatic heterocycles. The van der Waals surface area contributed by atoms with Gasteiger partial charge in [0, 0.05) is 4.47 Å². The number of benzene rings is 1. The zero-order valence-electron chi connectivity index (χ0n) is 10.7. The number of hydrogen-bond acceptors (Lipinski definition) is 5. The van der Waals surface area contributed by atoms with Gasteiger partial charge in [-0.2, -0.15) is 9.97 Å². The van der Waals surface area contributed by atoms with Crippen molar-refractivity contribution in [3.05, 3.63) is 34.6 Å². The van der Waals surface area contributed by atoms with E-state index in [4.69, 9.17) is 15.2 Å². The van der Waals surface area contributed by atoms with E-state index < -0.39 is 0 Å². The molecule has 0 amide bonds. The number of nitrogens with two attached hydrogens (primary N) is 1. The van der Waals surface area contributed by atoms with Gasteiger partial charge in [0.1, 0.15) is 12.1 Å². The Hall–Kier alpha value is -1.82. The van der Waals surface area contributed by atoms with Crippen molar-refractivity contribution in [3.63, 3.8) is 0 Å². The summed E-state index contributed by atoms with van der Waals surface area (Å²) in [5.74, 6) is 1.31. The molecule has 2 aromatic rings. The summed E-state index contributed by atoms with van der Waals surface area (Å²) in [6.45, 7) is 4.29. The molecule has 0 radical (unpaired) electrons. The van der Waals surface area contributed by atoms with E-state index in [1.807, 2.05) is 32.0 Å². The molecule has 0 atom stereocenters. The molecule has 6 heteroatoms. The third kappa shape index (κ3) is 3.14. The van der Waals surface area contributed by atoms with E-state index in [1.165, 1.54) is 6.33 Å². The molecule has 0 fully saturated rings. The lowest BCUT2D eigenvalue weighted by atomic mass is 10.2. The lowest BCUT2D eigenvalue weighted by Gasteiger charge is -2.11. The number of nitrogens with zero attached hydrogens (tertiary/aromatic N) is 2. The maximum Gasteiger partial charge on any atom is 0.249 e. The van der Waals surface area contributed by atoms with Crippen LogP contribution >= 0.6 is 15.9 Å². The van der Waals surface area contributed by atoms with E-state index >= 15 is 0 Å². The molecule has 0 aliphatic rings. The van der Waals surface area contributed by atoms with Gasteiger partial charge in [0.2, 0.25) is 11.8 Å². The van der Waals surface area contributed by atoms with Crippen LogP contribution < -0.4 is 15.2 Å². The van der Waals surface area contributed by atoms with Gasteiger partial charge in [0.05, 0.1) is 6.61 Å². The SMILES string of the molecule is CCOc1ncnc(Oc2cc(Br)ccc2C)c1N. The Kier molecular flexibility index (Phi) is 4.21. The van der Waals surface area contributed by atoms with Crippen LogP contribution in [-0.2, 0) is 0 Å².